The Bertz CT molecular complexity index is 534. The van der Waals surface area contributed by atoms with Gasteiger partial charge in [0.2, 0.25) is 5.91 Å². The van der Waals surface area contributed by atoms with Crippen LogP contribution in [-0.4, -0.2) is 21.1 Å². The van der Waals surface area contributed by atoms with Gasteiger partial charge in [-0.3, -0.25) is 9.59 Å². The second-order valence-electron chi connectivity index (χ2n) is 4.21. The molecule has 1 heterocycles. The topological polar surface area (TPSA) is 99.1 Å². The molecular weight excluding hydrogens is 224 g/mol. The molecule has 0 bridgehead atoms. The van der Waals surface area contributed by atoms with Gasteiger partial charge < -0.3 is 15.6 Å². The number of nitrogens with one attached hydrogen (secondary N) is 1. The molecule has 92 valence electrons. The van der Waals surface area contributed by atoms with Crippen LogP contribution in [-0.2, 0) is 18.4 Å². The molecule has 7 heteroatoms. The van der Waals surface area contributed by atoms with E-state index in [4.69, 9.17) is 5.73 Å². The lowest BCUT2D eigenvalue weighted by Crippen LogP contribution is -2.44. The fraction of sp³-hybridized carbons (Fsp3) is 0.500. The van der Waals surface area contributed by atoms with Gasteiger partial charge in [-0.05, 0) is 12.8 Å². The number of nitrogens with two attached hydrogens (primary N) is 1. The van der Waals surface area contributed by atoms with E-state index < -0.39 is 11.2 Å². The van der Waals surface area contributed by atoms with Crippen molar-refractivity contribution in [3.05, 3.63) is 27.0 Å². The number of hydrogen-bond donors (Lipinski definition) is 2. The normalized spacial score (nSPS) is 14.6. The number of nitrogen functional groups attached to an aromatic ring is 1. The number of hydrogen-bond acceptors (Lipinski definition) is 4. The summed E-state index contributed by atoms with van der Waals surface area (Å²) in [5.41, 5.74) is 4.23. The van der Waals surface area contributed by atoms with E-state index in [0.29, 0.717) is 0 Å². The lowest BCUT2D eigenvalue weighted by molar-refractivity contribution is -0.121. The van der Waals surface area contributed by atoms with Crippen LogP contribution < -0.4 is 22.3 Å². The van der Waals surface area contributed by atoms with Gasteiger partial charge in [0.05, 0.1) is 0 Å². The van der Waals surface area contributed by atoms with Crippen LogP contribution in [0, 0.1) is 0 Å². The van der Waals surface area contributed by atoms with E-state index in [2.05, 4.69) is 5.32 Å². The Morgan fingerprint density at radius 3 is 2.76 bits per heavy atom. The zero-order valence-corrected chi connectivity index (χ0v) is 9.47. The Morgan fingerprint density at radius 1 is 1.53 bits per heavy atom. The molecule has 0 atom stereocenters. The Balaban J connectivity index is 2.28. The monoisotopic (exact) mass is 238 g/mol. The number of amides is 1. The average Bonchev–Trinajstić information content (AvgIpc) is 3.05. The number of aryl methyl sites for hydroxylation is 1. The van der Waals surface area contributed by atoms with E-state index in [1.165, 1.54) is 17.8 Å². The molecule has 2 rings (SSSR count). The lowest BCUT2D eigenvalue weighted by Gasteiger charge is -2.08. The van der Waals surface area contributed by atoms with Crippen molar-refractivity contribution in [1.29, 1.82) is 0 Å². The van der Waals surface area contributed by atoms with Gasteiger partial charge in [0.15, 0.2) is 0 Å². The summed E-state index contributed by atoms with van der Waals surface area (Å²) in [5.74, 6) is -0.336. The smallest absolute Gasteiger partial charge is 0.331 e. The SMILES string of the molecule is Cn1cc(N)c(=O)n(CC(=O)NC2CC2)c1=O. The highest BCUT2D eigenvalue weighted by Gasteiger charge is 2.23. The van der Waals surface area contributed by atoms with Crippen molar-refractivity contribution in [3.8, 4) is 0 Å². The zero-order valence-electron chi connectivity index (χ0n) is 9.47. The van der Waals surface area contributed by atoms with Crippen LogP contribution in [0.1, 0.15) is 12.8 Å². The fourth-order valence-electron chi connectivity index (χ4n) is 1.54. The zero-order chi connectivity index (χ0) is 12.6. The molecule has 1 fully saturated rings. The first-order valence-corrected chi connectivity index (χ1v) is 5.34. The number of rotatable bonds is 3. The second-order valence-corrected chi connectivity index (χ2v) is 4.21. The minimum atomic E-state index is -0.626. The Hall–Kier alpha value is -2.05. The first kappa shape index (κ1) is 11.4. The number of aromatic nitrogens is 2. The summed E-state index contributed by atoms with van der Waals surface area (Å²) in [6.45, 7) is -0.285. The molecule has 17 heavy (non-hydrogen) atoms. The molecule has 1 aromatic rings. The molecule has 1 saturated carbocycles. The third-order valence-corrected chi connectivity index (χ3v) is 2.60. The minimum absolute atomic E-state index is 0.0497. The summed E-state index contributed by atoms with van der Waals surface area (Å²) in [6, 6.07) is 0.197. The van der Waals surface area contributed by atoms with Gasteiger partial charge in [-0.15, -0.1) is 0 Å². The van der Waals surface area contributed by atoms with Crippen LogP contribution in [0.5, 0.6) is 0 Å². The highest BCUT2D eigenvalue weighted by atomic mass is 16.2. The van der Waals surface area contributed by atoms with Gasteiger partial charge in [0, 0.05) is 19.3 Å². The van der Waals surface area contributed by atoms with E-state index in [1.807, 2.05) is 0 Å². The van der Waals surface area contributed by atoms with Gasteiger partial charge in [-0.2, -0.15) is 0 Å². The largest absolute Gasteiger partial charge is 0.393 e. The quantitative estimate of drug-likeness (QED) is 0.663. The van der Waals surface area contributed by atoms with Crippen molar-refractivity contribution in [3.63, 3.8) is 0 Å². The minimum Gasteiger partial charge on any atom is -0.393 e. The number of carbonyl (C=O) groups is 1. The number of nitrogens with zero attached hydrogens (tertiary/aromatic N) is 2. The van der Waals surface area contributed by atoms with Crippen molar-refractivity contribution in [1.82, 2.24) is 14.5 Å². The maximum atomic E-state index is 11.7. The molecule has 3 N–H and O–H groups in total. The average molecular weight is 238 g/mol. The molecule has 0 aliphatic heterocycles. The van der Waals surface area contributed by atoms with Crippen LogP contribution in [0.3, 0.4) is 0 Å². The van der Waals surface area contributed by atoms with Gasteiger partial charge >= 0.3 is 5.69 Å². The van der Waals surface area contributed by atoms with Crippen molar-refractivity contribution >= 4 is 11.6 Å². The summed E-state index contributed by atoms with van der Waals surface area (Å²) in [6.07, 6.45) is 3.16. The molecule has 1 amide bonds. The summed E-state index contributed by atoms with van der Waals surface area (Å²) >= 11 is 0. The second kappa shape index (κ2) is 4.08. The first-order chi connectivity index (χ1) is 7.99. The third kappa shape index (κ3) is 2.38. The predicted molar refractivity (Wildman–Crippen MR) is 61.5 cm³/mol. The molecule has 7 nitrogen and oxygen atoms in total. The summed E-state index contributed by atoms with van der Waals surface area (Å²) in [4.78, 5) is 34.8. The molecule has 0 aromatic carbocycles. The molecule has 1 aromatic heterocycles. The lowest BCUT2D eigenvalue weighted by atomic mass is 10.4. The Kier molecular flexibility index (Phi) is 2.74. The fourth-order valence-corrected chi connectivity index (χ4v) is 1.54. The molecule has 0 radical (unpaired) electrons. The summed E-state index contributed by atoms with van der Waals surface area (Å²) < 4.78 is 2.02. The maximum absolute atomic E-state index is 11.7. The molecular formula is C10H14N4O3. The van der Waals surface area contributed by atoms with Gasteiger partial charge in [0.25, 0.3) is 5.56 Å². The molecule has 0 saturated heterocycles. The van der Waals surface area contributed by atoms with Crippen molar-refractivity contribution in [2.45, 2.75) is 25.4 Å². The van der Waals surface area contributed by atoms with Crippen molar-refractivity contribution in [2.24, 2.45) is 7.05 Å². The van der Waals surface area contributed by atoms with E-state index in [9.17, 15) is 14.4 Å². The van der Waals surface area contributed by atoms with Crippen LogP contribution in [0.2, 0.25) is 0 Å². The van der Waals surface area contributed by atoms with E-state index in [1.54, 1.807) is 0 Å². The number of carbonyl (C=O) groups excluding carboxylic acids is 1. The first-order valence-electron chi connectivity index (χ1n) is 5.34. The van der Waals surface area contributed by atoms with Crippen LogP contribution >= 0.6 is 0 Å². The molecule has 0 unspecified atom stereocenters. The van der Waals surface area contributed by atoms with Gasteiger partial charge in [-0.25, -0.2) is 9.36 Å². The molecule has 1 aliphatic rings. The molecule has 1 aliphatic carbocycles. The van der Waals surface area contributed by atoms with Crippen LogP contribution in [0.15, 0.2) is 15.8 Å². The van der Waals surface area contributed by atoms with E-state index >= 15 is 0 Å². The summed E-state index contributed by atoms with van der Waals surface area (Å²) in [7, 11) is 1.48. The van der Waals surface area contributed by atoms with Crippen LogP contribution in [0.4, 0.5) is 5.69 Å². The Morgan fingerprint density at radius 2 is 2.18 bits per heavy atom. The van der Waals surface area contributed by atoms with E-state index in [0.717, 1.165) is 17.4 Å². The van der Waals surface area contributed by atoms with Crippen LogP contribution in [0.25, 0.3) is 0 Å². The van der Waals surface area contributed by atoms with E-state index in [-0.39, 0.29) is 24.2 Å². The Labute approximate surface area is 96.8 Å². The van der Waals surface area contributed by atoms with Gasteiger partial charge in [0.1, 0.15) is 12.2 Å². The third-order valence-electron chi connectivity index (χ3n) is 2.60. The maximum Gasteiger partial charge on any atom is 0.331 e. The van der Waals surface area contributed by atoms with Crippen molar-refractivity contribution < 1.29 is 4.79 Å². The predicted octanol–water partition coefficient (Wildman–Crippen LogP) is -1.59. The standard InChI is InChI=1S/C10H14N4O3/c1-13-4-7(11)9(16)14(10(13)17)5-8(15)12-6-2-3-6/h4,6H,2-3,5,11H2,1H3,(H,12,15). The molecule has 0 spiro atoms. The van der Waals surface area contributed by atoms with Gasteiger partial charge in [-0.1, -0.05) is 0 Å². The summed E-state index contributed by atoms with van der Waals surface area (Å²) in [5, 5.41) is 2.71. The van der Waals surface area contributed by atoms with Crippen molar-refractivity contribution in [2.75, 3.05) is 5.73 Å². The number of anilines is 1. The highest BCUT2D eigenvalue weighted by molar-refractivity contribution is 5.76. The highest BCUT2D eigenvalue weighted by Crippen LogP contribution is 2.18.